The number of nitrogens with two attached hydrogens (primary N) is 1. The normalized spacial score (nSPS) is 19.9. The van der Waals surface area contributed by atoms with Gasteiger partial charge in [0, 0.05) is 31.7 Å². The molecule has 0 aliphatic carbocycles. The van der Waals surface area contributed by atoms with Crippen LogP contribution in [0.1, 0.15) is 19.4 Å². The molecule has 0 unspecified atom stereocenters. The predicted octanol–water partition coefficient (Wildman–Crippen LogP) is 2.15. The van der Waals surface area contributed by atoms with Gasteiger partial charge in [0.25, 0.3) is 16.0 Å². The zero-order chi connectivity index (χ0) is 22.8. The van der Waals surface area contributed by atoms with E-state index in [0.717, 1.165) is 17.7 Å². The highest BCUT2D eigenvalue weighted by Crippen LogP contribution is 2.25. The molecule has 31 heavy (non-hydrogen) atoms. The van der Waals surface area contributed by atoms with Crippen molar-refractivity contribution in [2.45, 2.75) is 37.4 Å². The summed E-state index contributed by atoms with van der Waals surface area (Å²) in [7, 11) is -4.37. The molecule has 0 aromatic heterocycles. The maximum absolute atomic E-state index is 13.1. The molecule has 3 N–H and O–H groups in total. The van der Waals surface area contributed by atoms with E-state index in [9.17, 15) is 17.6 Å². The molecular formula is C21H26FN3O5S. The first-order valence-electron chi connectivity index (χ1n) is 9.82. The van der Waals surface area contributed by atoms with E-state index in [-0.39, 0.29) is 46.7 Å². The van der Waals surface area contributed by atoms with E-state index in [4.69, 9.17) is 15.0 Å². The van der Waals surface area contributed by atoms with Crippen LogP contribution in [0.2, 0.25) is 0 Å². The lowest BCUT2D eigenvalue weighted by molar-refractivity contribution is -0.139. The van der Waals surface area contributed by atoms with E-state index >= 15 is 0 Å². The first-order valence-corrected chi connectivity index (χ1v) is 11.3. The van der Waals surface area contributed by atoms with Crippen LogP contribution in [0.25, 0.3) is 0 Å². The standard InChI is InChI=1S/C21H26FN3O5S/c1-14-11-25(15(2)10-24(14)12-16-3-5-17(22)6-4-16)21(26)13-30-20-8-7-18(9-19(20)23)31(27,28)29/h3-9,14-15H,10-13,23H2,1-2H3,(H,27,28,29)/t14-,15+/m1/s1. The van der Waals surface area contributed by atoms with Crippen LogP contribution in [0.15, 0.2) is 47.4 Å². The Kier molecular flexibility index (Phi) is 6.83. The van der Waals surface area contributed by atoms with Gasteiger partial charge >= 0.3 is 0 Å². The number of piperazine rings is 1. The highest BCUT2D eigenvalue weighted by molar-refractivity contribution is 7.85. The lowest BCUT2D eigenvalue weighted by atomic mass is 10.1. The number of carbonyl (C=O) groups is 1. The van der Waals surface area contributed by atoms with Crippen molar-refractivity contribution in [1.29, 1.82) is 0 Å². The van der Waals surface area contributed by atoms with E-state index in [1.165, 1.54) is 18.2 Å². The van der Waals surface area contributed by atoms with Crippen LogP contribution in [0.5, 0.6) is 5.75 Å². The van der Waals surface area contributed by atoms with Crippen molar-refractivity contribution in [3.63, 3.8) is 0 Å². The van der Waals surface area contributed by atoms with Crippen LogP contribution in [0.3, 0.4) is 0 Å². The van der Waals surface area contributed by atoms with Gasteiger partial charge in [0.1, 0.15) is 11.6 Å². The quantitative estimate of drug-likeness (QED) is 0.511. The van der Waals surface area contributed by atoms with Gasteiger partial charge in [0.2, 0.25) is 0 Å². The van der Waals surface area contributed by atoms with Crippen molar-refractivity contribution in [3.05, 3.63) is 53.8 Å². The molecule has 2 aromatic carbocycles. The number of halogens is 1. The second-order valence-electron chi connectivity index (χ2n) is 7.76. The Bertz CT molecular complexity index is 1050. The fourth-order valence-corrected chi connectivity index (χ4v) is 4.15. The summed E-state index contributed by atoms with van der Waals surface area (Å²) in [6.45, 7) is 5.59. The van der Waals surface area contributed by atoms with Crippen LogP contribution in [0, 0.1) is 5.82 Å². The summed E-state index contributed by atoms with van der Waals surface area (Å²) in [5.74, 6) is -0.315. The highest BCUT2D eigenvalue weighted by Gasteiger charge is 2.32. The second-order valence-corrected chi connectivity index (χ2v) is 9.18. The van der Waals surface area contributed by atoms with E-state index in [0.29, 0.717) is 19.6 Å². The molecule has 1 aliphatic rings. The summed E-state index contributed by atoms with van der Waals surface area (Å²) in [6.07, 6.45) is 0. The van der Waals surface area contributed by atoms with Gasteiger partial charge in [0.15, 0.2) is 6.61 Å². The Balaban J connectivity index is 1.58. The maximum Gasteiger partial charge on any atom is 0.294 e. The predicted molar refractivity (Wildman–Crippen MR) is 114 cm³/mol. The van der Waals surface area contributed by atoms with Crippen LogP contribution in [-0.4, -0.2) is 60.5 Å². The fraction of sp³-hybridized carbons (Fsp3) is 0.381. The van der Waals surface area contributed by atoms with Gasteiger partial charge in [-0.05, 0) is 49.7 Å². The van der Waals surface area contributed by atoms with Gasteiger partial charge < -0.3 is 15.4 Å². The van der Waals surface area contributed by atoms with E-state index in [2.05, 4.69) is 4.90 Å². The largest absolute Gasteiger partial charge is 0.482 e. The molecule has 1 saturated heterocycles. The fourth-order valence-electron chi connectivity index (χ4n) is 3.63. The number of carbonyl (C=O) groups excluding carboxylic acids is 1. The third kappa shape index (κ3) is 5.72. The Morgan fingerprint density at radius 1 is 1.16 bits per heavy atom. The SMILES string of the molecule is C[C@@H]1CN(C(=O)COc2ccc(S(=O)(=O)O)cc2N)[C@@H](C)CN1Cc1ccc(F)cc1. The lowest BCUT2D eigenvalue weighted by Crippen LogP contribution is -2.58. The molecule has 1 fully saturated rings. The number of anilines is 1. The third-order valence-corrected chi connectivity index (χ3v) is 6.21. The molecule has 1 amide bonds. The van der Waals surface area contributed by atoms with Gasteiger partial charge in [-0.15, -0.1) is 0 Å². The number of hydrogen-bond acceptors (Lipinski definition) is 6. The average Bonchev–Trinajstić information content (AvgIpc) is 2.70. The minimum absolute atomic E-state index is 0.00783. The summed E-state index contributed by atoms with van der Waals surface area (Å²) in [4.78, 5) is 16.4. The second kappa shape index (κ2) is 9.21. The van der Waals surface area contributed by atoms with Crippen LogP contribution in [-0.2, 0) is 21.5 Å². The van der Waals surface area contributed by atoms with Crippen molar-refractivity contribution in [2.24, 2.45) is 0 Å². The number of amides is 1. The lowest BCUT2D eigenvalue weighted by Gasteiger charge is -2.44. The van der Waals surface area contributed by atoms with Crippen LogP contribution < -0.4 is 10.5 Å². The first kappa shape index (κ1) is 23.0. The number of nitrogens with zero attached hydrogens (tertiary/aromatic N) is 2. The molecule has 1 heterocycles. The highest BCUT2D eigenvalue weighted by atomic mass is 32.2. The molecule has 2 aromatic rings. The van der Waals surface area contributed by atoms with Gasteiger partial charge in [0.05, 0.1) is 10.6 Å². The Morgan fingerprint density at radius 3 is 2.45 bits per heavy atom. The Hall–Kier alpha value is -2.69. The summed E-state index contributed by atoms with van der Waals surface area (Å²) < 4.78 is 50.0. The Morgan fingerprint density at radius 2 is 1.84 bits per heavy atom. The average molecular weight is 452 g/mol. The molecule has 2 atom stereocenters. The van der Waals surface area contributed by atoms with Gasteiger partial charge in [-0.1, -0.05) is 12.1 Å². The number of ether oxygens (including phenoxy) is 1. The summed E-state index contributed by atoms with van der Waals surface area (Å²) in [6, 6.07) is 9.99. The molecule has 0 saturated carbocycles. The molecule has 0 bridgehead atoms. The molecular weight excluding hydrogens is 425 g/mol. The number of nitrogen functional groups attached to an aromatic ring is 1. The third-order valence-electron chi connectivity index (χ3n) is 5.36. The van der Waals surface area contributed by atoms with Gasteiger partial charge in [-0.2, -0.15) is 8.42 Å². The molecule has 10 heteroatoms. The summed E-state index contributed by atoms with van der Waals surface area (Å²) in [5, 5.41) is 0. The maximum atomic E-state index is 13.1. The minimum atomic E-state index is -4.37. The van der Waals surface area contributed by atoms with Crippen molar-refractivity contribution >= 4 is 21.7 Å². The Labute approximate surface area is 181 Å². The van der Waals surface area contributed by atoms with Crippen LogP contribution >= 0.6 is 0 Å². The number of rotatable bonds is 6. The van der Waals surface area contributed by atoms with Crippen LogP contribution in [0.4, 0.5) is 10.1 Å². The monoisotopic (exact) mass is 451 g/mol. The molecule has 0 spiro atoms. The van der Waals surface area contributed by atoms with E-state index in [1.54, 1.807) is 17.0 Å². The van der Waals surface area contributed by atoms with E-state index < -0.39 is 10.1 Å². The zero-order valence-electron chi connectivity index (χ0n) is 17.4. The molecule has 0 radical (unpaired) electrons. The van der Waals surface area contributed by atoms with E-state index in [1.807, 2.05) is 13.8 Å². The molecule has 1 aliphatic heterocycles. The van der Waals surface area contributed by atoms with Crippen molar-refractivity contribution < 1.29 is 26.9 Å². The number of benzene rings is 2. The molecule has 8 nitrogen and oxygen atoms in total. The van der Waals surface area contributed by atoms with Gasteiger partial charge in [-0.3, -0.25) is 14.2 Å². The van der Waals surface area contributed by atoms with Gasteiger partial charge in [-0.25, -0.2) is 4.39 Å². The van der Waals surface area contributed by atoms with Crippen molar-refractivity contribution in [1.82, 2.24) is 9.80 Å². The molecule has 3 rings (SSSR count). The number of hydrogen-bond donors (Lipinski definition) is 2. The smallest absolute Gasteiger partial charge is 0.294 e. The summed E-state index contributed by atoms with van der Waals surface area (Å²) in [5.41, 5.74) is 6.79. The first-order chi connectivity index (χ1) is 14.5. The van der Waals surface area contributed by atoms with Crippen molar-refractivity contribution in [3.8, 4) is 5.75 Å². The van der Waals surface area contributed by atoms with Crippen molar-refractivity contribution in [2.75, 3.05) is 25.4 Å². The summed E-state index contributed by atoms with van der Waals surface area (Å²) >= 11 is 0. The molecule has 168 valence electrons. The minimum Gasteiger partial charge on any atom is -0.482 e. The zero-order valence-corrected chi connectivity index (χ0v) is 18.2. The topological polar surface area (TPSA) is 113 Å².